The molecule has 0 fully saturated rings. The van der Waals surface area contributed by atoms with Gasteiger partial charge in [-0.25, -0.2) is 0 Å². The minimum Gasteiger partial charge on any atom is -0.316 e. The molecular weight excluding hydrogens is 366 g/mol. The molecule has 0 atom stereocenters. The molecule has 1 aromatic rings. The van der Waals surface area contributed by atoms with Crippen LogP contribution in [0.3, 0.4) is 0 Å². The molecule has 0 spiro atoms. The molecule has 1 aromatic carbocycles. The van der Waals surface area contributed by atoms with Gasteiger partial charge in [-0.15, -0.1) is 0 Å². The summed E-state index contributed by atoms with van der Waals surface area (Å²) in [7, 11) is 0. The normalized spacial score (nSPS) is 11.3. The summed E-state index contributed by atoms with van der Waals surface area (Å²) in [4.78, 5) is 0. The van der Waals surface area contributed by atoms with Gasteiger partial charge in [0.1, 0.15) is 0 Å². The number of unbranched alkanes of at least 4 members (excludes halogenated alkanes) is 2. The van der Waals surface area contributed by atoms with Crippen molar-refractivity contribution in [1.82, 2.24) is 5.32 Å². The smallest absolute Gasteiger partial charge is 0.0210 e. The Morgan fingerprint density at radius 3 is 2.47 bits per heavy atom. The molecule has 108 valence electrons. The van der Waals surface area contributed by atoms with E-state index >= 15 is 0 Å². The SMILES string of the molecule is Cc1cc(Br)c(CCCCCNCC(C)C)cc1Br. The molecular formula is C16H25Br2N. The largest absolute Gasteiger partial charge is 0.316 e. The van der Waals surface area contributed by atoms with Crippen LogP contribution < -0.4 is 5.32 Å². The second-order valence-corrected chi connectivity index (χ2v) is 7.31. The summed E-state index contributed by atoms with van der Waals surface area (Å²) in [5, 5.41) is 3.49. The van der Waals surface area contributed by atoms with Crippen LogP contribution in [-0.2, 0) is 6.42 Å². The zero-order valence-corrected chi connectivity index (χ0v) is 15.4. The second kappa shape index (κ2) is 9.15. The fraction of sp³-hybridized carbons (Fsp3) is 0.625. The first-order valence-electron chi connectivity index (χ1n) is 7.16. The van der Waals surface area contributed by atoms with Gasteiger partial charge in [0.25, 0.3) is 0 Å². The third kappa shape index (κ3) is 6.92. The summed E-state index contributed by atoms with van der Waals surface area (Å²) in [5.41, 5.74) is 2.70. The van der Waals surface area contributed by atoms with Crippen LogP contribution in [0.1, 0.15) is 44.2 Å². The van der Waals surface area contributed by atoms with Crippen LogP contribution in [0.5, 0.6) is 0 Å². The van der Waals surface area contributed by atoms with Crippen molar-refractivity contribution in [2.24, 2.45) is 5.92 Å². The van der Waals surface area contributed by atoms with Gasteiger partial charge in [0.05, 0.1) is 0 Å². The van der Waals surface area contributed by atoms with Crippen molar-refractivity contribution >= 4 is 31.9 Å². The van der Waals surface area contributed by atoms with E-state index in [1.54, 1.807) is 0 Å². The zero-order valence-electron chi connectivity index (χ0n) is 12.2. The van der Waals surface area contributed by atoms with Gasteiger partial charge < -0.3 is 5.32 Å². The molecule has 0 heterocycles. The van der Waals surface area contributed by atoms with E-state index in [1.165, 1.54) is 39.3 Å². The van der Waals surface area contributed by atoms with Crippen LogP contribution in [0, 0.1) is 12.8 Å². The summed E-state index contributed by atoms with van der Waals surface area (Å²) in [6.07, 6.45) is 4.99. The fourth-order valence-corrected chi connectivity index (χ4v) is 3.06. The lowest BCUT2D eigenvalue weighted by Gasteiger charge is -2.09. The highest BCUT2D eigenvalue weighted by molar-refractivity contribution is 9.11. The van der Waals surface area contributed by atoms with Crippen molar-refractivity contribution in [2.75, 3.05) is 13.1 Å². The minimum absolute atomic E-state index is 0.751. The van der Waals surface area contributed by atoms with Crippen LogP contribution in [0.4, 0.5) is 0 Å². The zero-order chi connectivity index (χ0) is 14.3. The average Bonchev–Trinajstić information content (AvgIpc) is 2.33. The monoisotopic (exact) mass is 389 g/mol. The molecule has 0 aliphatic heterocycles. The Labute approximate surface area is 134 Å². The van der Waals surface area contributed by atoms with Gasteiger partial charge in [-0.3, -0.25) is 0 Å². The van der Waals surface area contributed by atoms with Crippen molar-refractivity contribution in [3.63, 3.8) is 0 Å². The molecule has 0 amide bonds. The average molecular weight is 391 g/mol. The Hall–Kier alpha value is 0.140. The van der Waals surface area contributed by atoms with Crippen molar-refractivity contribution in [1.29, 1.82) is 0 Å². The number of hydrogen-bond acceptors (Lipinski definition) is 1. The third-order valence-electron chi connectivity index (χ3n) is 3.18. The molecule has 1 nitrogen and oxygen atoms in total. The van der Waals surface area contributed by atoms with Gasteiger partial charge in [0.2, 0.25) is 0 Å². The van der Waals surface area contributed by atoms with Gasteiger partial charge in [0, 0.05) is 8.95 Å². The summed E-state index contributed by atoms with van der Waals surface area (Å²) in [5.74, 6) is 0.751. The highest BCUT2D eigenvalue weighted by Crippen LogP contribution is 2.26. The molecule has 0 aromatic heterocycles. The van der Waals surface area contributed by atoms with Crippen LogP contribution in [-0.4, -0.2) is 13.1 Å². The third-order valence-corrected chi connectivity index (χ3v) is 4.77. The molecule has 0 radical (unpaired) electrons. The topological polar surface area (TPSA) is 12.0 Å². The van der Waals surface area contributed by atoms with Gasteiger partial charge in [0.15, 0.2) is 0 Å². The Morgan fingerprint density at radius 1 is 1.05 bits per heavy atom. The number of nitrogens with one attached hydrogen (secondary N) is 1. The summed E-state index contributed by atoms with van der Waals surface area (Å²) in [6, 6.07) is 4.44. The molecule has 0 aliphatic rings. The molecule has 1 N–H and O–H groups in total. The quantitative estimate of drug-likeness (QED) is 0.579. The molecule has 19 heavy (non-hydrogen) atoms. The minimum atomic E-state index is 0.751. The van der Waals surface area contributed by atoms with Crippen LogP contribution in [0.2, 0.25) is 0 Å². The first kappa shape index (κ1) is 17.2. The van der Waals surface area contributed by atoms with E-state index in [0.29, 0.717) is 0 Å². The van der Waals surface area contributed by atoms with Gasteiger partial charge in [-0.2, -0.15) is 0 Å². The van der Waals surface area contributed by atoms with Crippen molar-refractivity contribution in [2.45, 2.75) is 46.5 Å². The number of aryl methyl sites for hydroxylation is 2. The molecule has 3 heteroatoms. The number of hydrogen-bond donors (Lipinski definition) is 1. The van der Waals surface area contributed by atoms with E-state index in [1.807, 2.05) is 0 Å². The second-order valence-electron chi connectivity index (χ2n) is 5.60. The van der Waals surface area contributed by atoms with E-state index in [-0.39, 0.29) is 0 Å². The predicted molar refractivity (Wildman–Crippen MR) is 91.8 cm³/mol. The van der Waals surface area contributed by atoms with Crippen molar-refractivity contribution < 1.29 is 0 Å². The van der Waals surface area contributed by atoms with Gasteiger partial charge in [-0.1, -0.05) is 52.1 Å². The Balaban J connectivity index is 2.21. The number of halogens is 2. The van der Waals surface area contributed by atoms with E-state index in [9.17, 15) is 0 Å². The maximum Gasteiger partial charge on any atom is 0.0210 e. The Kier molecular flexibility index (Phi) is 8.27. The molecule has 0 bridgehead atoms. The molecule has 0 saturated carbocycles. The molecule has 0 unspecified atom stereocenters. The molecule has 0 aliphatic carbocycles. The summed E-state index contributed by atoms with van der Waals surface area (Å²) < 4.78 is 2.45. The first-order valence-corrected chi connectivity index (χ1v) is 8.74. The Morgan fingerprint density at radius 2 is 1.79 bits per heavy atom. The maximum atomic E-state index is 3.66. The van der Waals surface area contributed by atoms with E-state index in [0.717, 1.165) is 25.4 Å². The number of rotatable bonds is 8. The number of benzene rings is 1. The van der Waals surface area contributed by atoms with Gasteiger partial charge in [-0.05, 0) is 68.5 Å². The highest BCUT2D eigenvalue weighted by Gasteiger charge is 2.04. The Bertz CT molecular complexity index is 389. The van der Waals surface area contributed by atoms with Crippen molar-refractivity contribution in [3.05, 3.63) is 32.2 Å². The van der Waals surface area contributed by atoms with E-state index in [2.05, 4.69) is 70.1 Å². The molecule has 1 rings (SSSR count). The molecule has 0 saturated heterocycles. The lowest BCUT2D eigenvalue weighted by molar-refractivity contribution is 0.530. The van der Waals surface area contributed by atoms with E-state index < -0.39 is 0 Å². The van der Waals surface area contributed by atoms with Crippen molar-refractivity contribution in [3.8, 4) is 0 Å². The predicted octanol–water partition coefficient (Wildman–Crippen LogP) is 5.48. The van der Waals surface area contributed by atoms with Crippen LogP contribution >= 0.6 is 31.9 Å². The van der Waals surface area contributed by atoms with E-state index in [4.69, 9.17) is 0 Å². The fourth-order valence-electron chi connectivity index (χ4n) is 2.01. The maximum absolute atomic E-state index is 3.66. The lowest BCUT2D eigenvalue weighted by atomic mass is 10.1. The lowest BCUT2D eigenvalue weighted by Crippen LogP contribution is -2.20. The standard InChI is InChI=1S/C16H25Br2N/c1-12(2)11-19-8-6-4-5-7-14-10-15(17)13(3)9-16(14)18/h9-10,12,19H,4-8,11H2,1-3H3. The van der Waals surface area contributed by atoms with Crippen LogP contribution in [0.25, 0.3) is 0 Å². The van der Waals surface area contributed by atoms with Gasteiger partial charge >= 0.3 is 0 Å². The summed E-state index contributed by atoms with van der Waals surface area (Å²) >= 11 is 7.26. The highest BCUT2D eigenvalue weighted by atomic mass is 79.9. The first-order chi connectivity index (χ1) is 9.00. The summed E-state index contributed by atoms with van der Waals surface area (Å²) in [6.45, 7) is 8.91. The van der Waals surface area contributed by atoms with Crippen LogP contribution in [0.15, 0.2) is 21.1 Å².